The van der Waals surface area contributed by atoms with Crippen LogP contribution in [0.5, 0.6) is 0 Å². The highest BCUT2D eigenvalue weighted by Crippen LogP contribution is 2.06. The van der Waals surface area contributed by atoms with Gasteiger partial charge in [0.1, 0.15) is 0 Å². The van der Waals surface area contributed by atoms with Gasteiger partial charge in [0.15, 0.2) is 6.61 Å². The van der Waals surface area contributed by atoms with Crippen molar-refractivity contribution in [1.29, 1.82) is 0 Å². The number of hydrogen-bond donors (Lipinski definition) is 1. The highest BCUT2D eigenvalue weighted by atomic mass is 16.5. The predicted octanol–water partition coefficient (Wildman–Crippen LogP) is 0.359. The molecule has 152 valence electrons. The highest BCUT2D eigenvalue weighted by Gasteiger charge is 2.22. The number of ether oxygens (including phenoxy) is 1. The van der Waals surface area contributed by atoms with Crippen molar-refractivity contribution in [3.63, 3.8) is 0 Å². The van der Waals surface area contributed by atoms with Gasteiger partial charge in [-0.25, -0.2) is 0 Å². The van der Waals surface area contributed by atoms with Crippen molar-refractivity contribution in [2.45, 2.75) is 26.2 Å². The van der Waals surface area contributed by atoms with Crippen molar-refractivity contribution in [3.8, 4) is 0 Å². The summed E-state index contributed by atoms with van der Waals surface area (Å²) in [6.07, 6.45) is 0.670. The summed E-state index contributed by atoms with van der Waals surface area (Å²) in [5.41, 5.74) is 1.11. The van der Waals surface area contributed by atoms with Gasteiger partial charge in [0, 0.05) is 46.1 Å². The van der Waals surface area contributed by atoms with E-state index in [1.807, 2.05) is 30.3 Å². The third kappa shape index (κ3) is 7.38. The zero-order valence-electron chi connectivity index (χ0n) is 16.2. The fourth-order valence-electron chi connectivity index (χ4n) is 2.90. The molecule has 0 aliphatic carbocycles. The molecule has 0 aromatic heterocycles. The Kier molecular flexibility index (Phi) is 8.45. The van der Waals surface area contributed by atoms with E-state index in [0.29, 0.717) is 39.1 Å². The Labute approximate surface area is 164 Å². The number of esters is 1. The van der Waals surface area contributed by atoms with E-state index in [2.05, 4.69) is 5.32 Å². The van der Waals surface area contributed by atoms with E-state index >= 15 is 0 Å². The van der Waals surface area contributed by atoms with Crippen LogP contribution in [0.1, 0.15) is 25.3 Å². The van der Waals surface area contributed by atoms with Crippen LogP contribution < -0.4 is 5.32 Å². The van der Waals surface area contributed by atoms with E-state index in [4.69, 9.17) is 4.74 Å². The van der Waals surface area contributed by atoms with E-state index in [-0.39, 0.29) is 37.2 Å². The second kappa shape index (κ2) is 11.1. The van der Waals surface area contributed by atoms with Crippen molar-refractivity contribution < 1.29 is 23.9 Å². The number of carbonyl (C=O) groups excluding carboxylic acids is 4. The molecule has 0 radical (unpaired) electrons. The standard InChI is InChI=1S/C20H27N3O5/c1-16(24)22-11-13-23(14-12-22)19(26)7-8-20(27)28-15-18(25)21-10-9-17-5-3-2-4-6-17/h2-6H,7-15H2,1H3,(H,21,25). The minimum Gasteiger partial charge on any atom is -0.456 e. The first-order chi connectivity index (χ1) is 13.5. The molecule has 2 rings (SSSR count). The molecular weight excluding hydrogens is 362 g/mol. The fraction of sp³-hybridized carbons (Fsp3) is 0.500. The van der Waals surface area contributed by atoms with E-state index in [9.17, 15) is 19.2 Å². The third-order valence-electron chi connectivity index (χ3n) is 4.56. The van der Waals surface area contributed by atoms with E-state index in [1.54, 1.807) is 9.80 Å². The maximum absolute atomic E-state index is 12.1. The number of amides is 3. The fourth-order valence-corrected chi connectivity index (χ4v) is 2.90. The van der Waals surface area contributed by atoms with Gasteiger partial charge in [-0.3, -0.25) is 19.2 Å². The number of carbonyl (C=O) groups is 4. The summed E-state index contributed by atoms with van der Waals surface area (Å²) in [6, 6.07) is 9.75. The molecule has 0 bridgehead atoms. The minimum absolute atomic E-state index is 0.00211. The molecule has 0 unspecified atom stereocenters. The van der Waals surface area contributed by atoms with Crippen LogP contribution in [0.3, 0.4) is 0 Å². The molecule has 28 heavy (non-hydrogen) atoms. The van der Waals surface area contributed by atoms with E-state index in [1.165, 1.54) is 6.92 Å². The summed E-state index contributed by atoms with van der Waals surface area (Å²) in [7, 11) is 0. The quantitative estimate of drug-likeness (QED) is 0.648. The molecular formula is C20H27N3O5. The van der Waals surface area contributed by atoms with Gasteiger partial charge in [-0.15, -0.1) is 0 Å². The summed E-state index contributed by atoms with van der Waals surface area (Å²) in [5.74, 6) is -1.09. The average Bonchev–Trinajstić information content (AvgIpc) is 2.71. The van der Waals surface area contributed by atoms with Gasteiger partial charge in [-0.05, 0) is 12.0 Å². The number of benzene rings is 1. The summed E-state index contributed by atoms with van der Waals surface area (Å²) in [4.78, 5) is 50.2. The number of nitrogens with one attached hydrogen (secondary N) is 1. The first-order valence-corrected chi connectivity index (χ1v) is 9.45. The number of piperazine rings is 1. The van der Waals surface area contributed by atoms with Gasteiger partial charge in [-0.2, -0.15) is 0 Å². The molecule has 0 atom stereocenters. The van der Waals surface area contributed by atoms with Crippen molar-refractivity contribution in [2.24, 2.45) is 0 Å². The molecule has 0 spiro atoms. The van der Waals surface area contributed by atoms with Crippen molar-refractivity contribution >= 4 is 23.7 Å². The first kappa shape index (κ1) is 21.4. The van der Waals surface area contributed by atoms with Crippen molar-refractivity contribution in [2.75, 3.05) is 39.3 Å². The smallest absolute Gasteiger partial charge is 0.306 e. The topological polar surface area (TPSA) is 96.0 Å². The van der Waals surface area contributed by atoms with E-state index < -0.39 is 5.97 Å². The Hall–Kier alpha value is -2.90. The molecule has 1 saturated heterocycles. The average molecular weight is 389 g/mol. The molecule has 1 fully saturated rings. The lowest BCUT2D eigenvalue weighted by Crippen LogP contribution is -2.50. The van der Waals surface area contributed by atoms with Gasteiger partial charge in [0.2, 0.25) is 11.8 Å². The molecule has 1 aliphatic heterocycles. The summed E-state index contributed by atoms with van der Waals surface area (Å²) < 4.78 is 4.92. The normalized spacial score (nSPS) is 13.8. The molecule has 8 nitrogen and oxygen atoms in total. The molecule has 1 N–H and O–H groups in total. The van der Waals surface area contributed by atoms with Gasteiger partial charge in [0.05, 0.1) is 6.42 Å². The summed E-state index contributed by atoms with van der Waals surface area (Å²) in [6.45, 7) is 3.58. The van der Waals surface area contributed by atoms with Crippen molar-refractivity contribution in [3.05, 3.63) is 35.9 Å². The monoisotopic (exact) mass is 389 g/mol. The van der Waals surface area contributed by atoms with Gasteiger partial charge >= 0.3 is 5.97 Å². The third-order valence-corrected chi connectivity index (χ3v) is 4.56. The molecule has 1 aromatic rings. The molecule has 0 saturated carbocycles. The lowest BCUT2D eigenvalue weighted by molar-refractivity contribution is -0.150. The van der Waals surface area contributed by atoms with E-state index in [0.717, 1.165) is 5.56 Å². The van der Waals surface area contributed by atoms with Crippen LogP contribution in [0.4, 0.5) is 0 Å². The first-order valence-electron chi connectivity index (χ1n) is 9.45. The molecule has 3 amide bonds. The van der Waals surface area contributed by atoms with Crippen LogP contribution in [0.2, 0.25) is 0 Å². The SMILES string of the molecule is CC(=O)N1CCN(C(=O)CCC(=O)OCC(=O)NCCc2ccccc2)CC1. The second-order valence-electron chi connectivity index (χ2n) is 6.63. The lowest BCUT2D eigenvalue weighted by Gasteiger charge is -2.34. The highest BCUT2D eigenvalue weighted by molar-refractivity contribution is 5.84. The number of hydrogen-bond acceptors (Lipinski definition) is 5. The zero-order valence-corrected chi connectivity index (χ0v) is 16.2. The maximum Gasteiger partial charge on any atom is 0.306 e. The molecule has 1 aromatic carbocycles. The molecule has 1 heterocycles. The van der Waals surface area contributed by atoms with Crippen LogP contribution in [-0.4, -0.2) is 72.8 Å². The Morgan fingerprint density at radius 2 is 1.61 bits per heavy atom. The number of nitrogens with zero attached hydrogens (tertiary/aromatic N) is 2. The Morgan fingerprint density at radius 3 is 2.25 bits per heavy atom. The minimum atomic E-state index is -0.575. The van der Waals surface area contributed by atoms with Crippen LogP contribution in [0.15, 0.2) is 30.3 Å². The number of rotatable bonds is 8. The van der Waals surface area contributed by atoms with Crippen LogP contribution >= 0.6 is 0 Å². The van der Waals surface area contributed by atoms with Crippen molar-refractivity contribution in [1.82, 2.24) is 15.1 Å². The lowest BCUT2D eigenvalue weighted by atomic mass is 10.1. The summed E-state index contributed by atoms with van der Waals surface area (Å²) in [5, 5.41) is 2.69. The zero-order chi connectivity index (χ0) is 20.4. The summed E-state index contributed by atoms with van der Waals surface area (Å²) >= 11 is 0. The van der Waals surface area contributed by atoms with Crippen LogP contribution in [0, 0.1) is 0 Å². The largest absolute Gasteiger partial charge is 0.456 e. The van der Waals surface area contributed by atoms with Crippen LogP contribution in [-0.2, 0) is 30.3 Å². The Balaban J connectivity index is 1.56. The Bertz CT molecular complexity index is 684. The van der Waals surface area contributed by atoms with Gasteiger partial charge in [0.25, 0.3) is 5.91 Å². The molecule has 8 heteroatoms. The maximum atomic E-state index is 12.1. The van der Waals surface area contributed by atoms with Gasteiger partial charge < -0.3 is 19.9 Å². The Morgan fingerprint density at radius 1 is 0.964 bits per heavy atom. The molecule has 1 aliphatic rings. The van der Waals surface area contributed by atoms with Gasteiger partial charge in [-0.1, -0.05) is 30.3 Å². The van der Waals surface area contributed by atoms with Crippen LogP contribution in [0.25, 0.3) is 0 Å². The second-order valence-corrected chi connectivity index (χ2v) is 6.63. The predicted molar refractivity (Wildman–Crippen MR) is 102 cm³/mol.